The van der Waals surface area contributed by atoms with E-state index in [1.54, 1.807) is 0 Å². The van der Waals surface area contributed by atoms with Gasteiger partial charge in [-0.3, -0.25) is 9.59 Å². The molecular weight excluding hydrogens is 158 g/mol. The Morgan fingerprint density at radius 2 is 1.92 bits per heavy atom. The van der Waals surface area contributed by atoms with E-state index in [2.05, 4.69) is 15.0 Å². The van der Waals surface area contributed by atoms with Crippen LogP contribution in [0.2, 0.25) is 0 Å². The van der Waals surface area contributed by atoms with E-state index in [1.165, 1.54) is 12.1 Å². The quantitative estimate of drug-likeness (QED) is 0.555. The van der Waals surface area contributed by atoms with Gasteiger partial charge >= 0.3 is 0 Å². The number of rotatable bonds is 0. The highest BCUT2D eigenvalue weighted by atomic mass is 16.1. The van der Waals surface area contributed by atoms with Gasteiger partial charge in [-0.2, -0.15) is 0 Å². The Morgan fingerprint density at radius 3 is 2.75 bits per heavy atom. The van der Waals surface area contributed by atoms with Gasteiger partial charge in [0.2, 0.25) is 5.56 Å². The molecule has 0 unspecified atom stereocenters. The van der Waals surface area contributed by atoms with E-state index in [1.807, 2.05) is 0 Å². The van der Waals surface area contributed by atoms with Crippen molar-refractivity contribution in [2.75, 3.05) is 0 Å². The van der Waals surface area contributed by atoms with Crippen LogP contribution in [0.25, 0.3) is 11.2 Å². The Balaban J connectivity index is 2.97. The fraction of sp³-hybridized carbons (Fsp3) is 0. The van der Waals surface area contributed by atoms with Crippen molar-refractivity contribution in [1.82, 2.24) is 15.0 Å². The van der Waals surface area contributed by atoms with E-state index in [4.69, 9.17) is 0 Å². The zero-order valence-electron chi connectivity index (χ0n) is 6.00. The molecule has 0 aliphatic carbocycles. The second kappa shape index (κ2) is 2.30. The molecule has 0 aliphatic rings. The lowest BCUT2D eigenvalue weighted by molar-refractivity contribution is 1.15. The van der Waals surface area contributed by atoms with Crippen molar-refractivity contribution in [3.05, 3.63) is 39.0 Å². The van der Waals surface area contributed by atoms with Crippen LogP contribution >= 0.6 is 0 Å². The van der Waals surface area contributed by atoms with Gasteiger partial charge in [0, 0.05) is 6.07 Å². The average molecular weight is 163 g/mol. The molecule has 2 N–H and O–H groups in total. The summed E-state index contributed by atoms with van der Waals surface area (Å²) in [5.41, 5.74) is 0.404. The van der Waals surface area contributed by atoms with Gasteiger partial charge in [-0.05, 0) is 6.07 Å². The van der Waals surface area contributed by atoms with Crippen LogP contribution in [0.4, 0.5) is 0 Å². The number of nitrogens with one attached hydrogen (secondary N) is 2. The summed E-state index contributed by atoms with van der Waals surface area (Å²) in [4.78, 5) is 30.3. The van der Waals surface area contributed by atoms with Crippen molar-refractivity contribution < 1.29 is 0 Å². The van der Waals surface area contributed by atoms with Crippen molar-refractivity contribution in [1.29, 1.82) is 0 Å². The molecule has 0 amide bonds. The number of hydrogen-bond donors (Lipinski definition) is 2. The van der Waals surface area contributed by atoms with Gasteiger partial charge in [-0.1, -0.05) is 0 Å². The third kappa shape index (κ3) is 1.01. The maximum absolute atomic E-state index is 10.8. The van der Waals surface area contributed by atoms with Crippen molar-refractivity contribution in [2.45, 2.75) is 0 Å². The van der Waals surface area contributed by atoms with E-state index in [0.717, 1.165) is 6.20 Å². The van der Waals surface area contributed by atoms with Gasteiger partial charge in [-0.15, -0.1) is 0 Å². The molecular formula is C7H5N3O2. The predicted molar refractivity (Wildman–Crippen MR) is 43.0 cm³/mol. The van der Waals surface area contributed by atoms with Crippen LogP contribution in [-0.4, -0.2) is 15.0 Å². The topological polar surface area (TPSA) is 78.6 Å². The molecule has 5 heteroatoms. The van der Waals surface area contributed by atoms with Gasteiger partial charge < -0.3 is 9.97 Å². The normalized spacial score (nSPS) is 10.3. The van der Waals surface area contributed by atoms with E-state index in [0.29, 0.717) is 11.2 Å². The largest absolute Gasteiger partial charge is 0.318 e. The van der Waals surface area contributed by atoms with Crippen LogP contribution in [0.3, 0.4) is 0 Å². The molecule has 0 saturated heterocycles. The molecule has 0 radical (unpaired) electrons. The van der Waals surface area contributed by atoms with Crippen molar-refractivity contribution >= 4 is 11.2 Å². The van der Waals surface area contributed by atoms with Crippen LogP contribution < -0.4 is 11.1 Å². The maximum atomic E-state index is 10.8. The summed E-state index contributed by atoms with van der Waals surface area (Å²) in [6, 6.07) is 2.85. The van der Waals surface area contributed by atoms with E-state index < -0.39 is 0 Å². The maximum Gasteiger partial charge on any atom is 0.266 e. The fourth-order valence-corrected chi connectivity index (χ4v) is 0.955. The Morgan fingerprint density at radius 1 is 1.08 bits per heavy atom. The lowest BCUT2D eigenvalue weighted by Crippen LogP contribution is -2.10. The minimum atomic E-state index is -0.283. The zero-order valence-corrected chi connectivity index (χ0v) is 6.00. The molecule has 2 aromatic heterocycles. The van der Waals surface area contributed by atoms with Crippen molar-refractivity contribution in [2.24, 2.45) is 0 Å². The molecule has 60 valence electrons. The molecule has 0 aliphatic heterocycles. The monoisotopic (exact) mass is 163 g/mol. The third-order valence-corrected chi connectivity index (χ3v) is 1.47. The summed E-state index contributed by atoms with van der Waals surface area (Å²) in [5, 5.41) is 0. The Labute approximate surface area is 66.1 Å². The first-order valence-corrected chi connectivity index (χ1v) is 3.34. The molecule has 0 atom stereocenters. The Hall–Kier alpha value is -1.91. The van der Waals surface area contributed by atoms with Crippen molar-refractivity contribution in [3.63, 3.8) is 0 Å². The standard InChI is InChI=1S/C7H5N3O2/c11-5-2-1-4-7(10-5)8-3-6(12)9-4/h1-3H,(H,9,12)(H,8,10,11). The van der Waals surface area contributed by atoms with Crippen LogP contribution in [0, 0.1) is 0 Å². The number of nitrogens with zero attached hydrogens (tertiary/aromatic N) is 1. The fourth-order valence-electron chi connectivity index (χ4n) is 0.955. The molecule has 0 bridgehead atoms. The summed E-state index contributed by atoms with van der Waals surface area (Å²) in [5.74, 6) is 0. The van der Waals surface area contributed by atoms with Gasteiger partial charge in [0.25, 0.3) is 5.56 Å². The van der Waals surface area contributed by atoms with Crippen LogP contribution in [-0.2, 0) is 0 Å². The Kier molecular flexibility index (Phi) is 1.30. The Bertz CT molecular complexity index is 476. The summed E-state index contributed by atoms with van der Waals surface area (Å²) in [6.45, 7) is 0. The first-order valence-electron chi connectivity index (χ1n) is 3.34. The second-order valence-corrected chi connectivity index (χ2v) is 2.33. The van der Waals surface area contributed by atoms with Gasteiger partial charge in [-0.25, -0.2) is 4.98 Å². The van der Waals surface area contributed by atoms with Gasteiger partial charge in [0.15, 0.2) is 5.65 Å². The van der Waals surface area contributed by atoms with Gasteiger partial charge in [0.1, 0.15) is 0 Å². The highest BCUT2D eigenvalue weighted by molar-refractivity contribution is 5.67. The second-order valence-electron chi connectivity index (χ2n) is 2.33. The molecule has 5 nitrogen and oxygen atoms in total. The third-order valence-electron chi connectivity index (χ3n) is 1.47. The molecule has 0 saturated carbocycles. The van der Waals surface area contributed by atoms with E-state index in [-0.39, 0.29) is 11.1 Å². The molecule has 0 fully saturated rings. The van der Waals surface area contributed by atoms with Gasteiger partial charge in [0.05, 0.1) is 11.7 Å². The number of H-pyrrole nitrogens is 2. The molecule has 0 aromatic carbocycles. The highest BCUT2D eigenvalue weighted by Crippen LogP contribution is 1.96. The number of fused-ring (bicyclic) bond motifs is 1. The number of pyridine rings is 1. The van der Waals surface area contributed by atoms with Crippen LogP contribution in [0.15, 0.2) is 27.9 Å². The van der Waals surface area contributed by atoms with Crippen molar-refractivity contribution in [3.8, 4) is 0 Å². The number of hydrogen-bond acceptors (Lipinski definition) is 3. The SMILES string of the molecule is O=c1cnc2[nH]c(=O)ccc2[nH]1. The summed E-state index contributed by atoms with van der Waals surface area (Å²) >= 11 is 0. The zero-order chi connectivity index (χ0) is 8.55. The van der Waals surface area contributed by atoms with Crippen LogP contribution in [0.1, 0.15) is 0 Å². The predicted octanol–water partition coefficient (Wildman–Crippen LogP) is -0.389. The minimum Gasteiger partial charge on any atom is -0.318 e. The van der Waals surface area contributed by atoms with Crippen LogP contribution in [0.5, 0.6) is 0 Å². The molecule has 2 heterocycles. The molecule has 2 aromatic rings. The summed E-state index contributed by atoms with van der Waals surface area (Å²) in [6.07, 6.45) is 1.12. The van der Waals surface area contributed by atoms with E-state index >= 15 is 0 Å². The first-order chi connectivity index (χ1) is 5.75. The summed E-state index contributed by atoms with van der Waals surface area (Å²) in [7, 11) is 0. The van der Waals surface area contributed by atoms with E-state index in [9.17, 15) is 9.59 Å². The summed E-state index contributed by atoms with van der Waals surface area (Å²) < 4.78 is 0. The smallest absolute Gasteiger partial charge is 0.266 e. The molecule has 12 heavy (non-hydrogen) atoms. The lowest BCUT2D eigenvalue weighted by atomic mass is 10.4. The average Bonchev–Trinajstić information content (AvgIpc) is 2.05. The lowest BCUT2D eigenvalue weighted by Gasteiger charge is -1.92. The minimum absolute atomic E-state index is 0.234. The number of aromatic amines is 2. The highest BCUT2D eigenvalue weighted by Gasteiger charge is 1.94. The molecule has 0 spiro atoms. The first kappa shape index (κ1) is 6.78. The molecule has 2 rings (SSSR count). The number of aromatic nitrogens is 3.